The van der Waals surface area contributed by atoms with Crippen LogP contribution in [-0.2, 0) is 6.54 Å². The number of nitrogen functional groups attached to an aromatic ring is 1. The highest BCUT2D eigenvalue weighted by Gasteiger charge is 2.12. The number of rotatable bonds is 3. The SMILES string of the molecule is CN(Cc1cccnc1)c1nc2c(N)cccc2o1. The maximum absolute atomic E-state index is 5.87. The molecule has 0 radical (unpaired) electrons. The fourth-order valence-electron chi connectivity index (χ4n) is 1.95. The van der Waals surface area contributed by atoms with Crippen LogP contribution in [0, 0.1) is 0 Å². The molecule has 2 N–H and O–H groups in total. The lowest BCUT2D eigenvalue weighted by Gasteiger charge is -2.13. The van der Waals surface area contributed by atoms with Crippen molar-refractivity contribution in [3.63, 3.8) is 0 Å². The van der Waals surface area contributed by atoms with E-state index in [2.05, 4.69) is 9.97 Å². The Balaban J connectivity index is 1.89. The number of nitrogens with zero attached hydrogens (tertiary/aromatic N) is 3. The molecular weight excluding hydrogens is 240 g/mol. The minimum absolute atomic E-state index is 0.553. The molecule has 0 saturated heterocycles. The first-order valence-corrected chi connectivity index (χ1v) is 5.99. The van der Waals surface area contributed by atoms with Gasteiger partial charge in [0.15, 0.2) is 5.58 Å². The second-order valence-corrected chi connectivity index (χ2v) is 4.41. The van der Waals surface area contributed by atoms with Crippen molar-refractivity contribution in [2.45, 2.75) is 6.54 Å². The van der Waals surface area contributed by atoms with E-state index in [-0.39, 0.29) is 0 Å². The molecular formula is C14H14N4O. The summed E-state index contributed by atoms with van der Waals surface area (Å²) in [6.45, 7) is 0.681. The van der Waals surface area contributed by atoms with Crippen molar-refractivity contribution >= 4 is 22.8 Å². The number of hydrogen-bond donors (Lipinski definition) is 1. The Kier molecular flexibility index (Phi) is 2.79. The number of benzene rings is 1. The molecule has 0 unspecified atom stereocenters. The Morgan fingerprint density at radius 3 is 2.89 bits per heavy atom. The normalized spacial score (nSPS) is 10.8. The molecule has 0 bridgehead atoms. The van der Waals surface area contributed by atoms with E-state index in [0.29, 0.717) is 29.3 Å². The van der Waals surface area contributed by atoms with Gasteiger partial charge < -0.3 is 15.1 Å². The average molecular weight is 254 g/mol. The summed E-state index contributed by atoms with van der Waals surface area (Å²) in [5, 5.41) is 0. The van der Waals surface area contributed by atoms with Crippen molar-refractivity contribution < 1.29 is 4.42 Å². The van der Waals surface area contributed by atoms with Gasteiger partial charge in [0.25, 0.3) is 6.01 Å². The molecule has 0 spiro atoms. The molecule has 0 aliphatic heterocycles. The molecule has 0 aliphatic rings. The van der Waals surface area contributed by atoms with Gasteiger partial charge in [-0.3, -0.25) is 4.98 Å². The van der Waals surface area contributed by atoms with Crippen molar-refractivity contribution in [1.29, 1.82) is 0 Å². The second-order valence-electron chi connectivity index (χ2n) is 4.41. The topological polar surface area (TPSA) is 68.2 Å². The van der Waals surface area contributed by atoms with E-state index >= 15 is 0 Å². The summed E-state index contributed by atoms with van der Waals surface area (Å²) in [7, 11) is 1.92. The van der Waals surface area contributed by atoms with Crippen molar-refractivity contribution in [1.82, 2.24) is 9.97 Å². The van der Waals surface area contributed by atoms with Crippen molar-refractivity contribution in [2.75, 3.05) is 17.7 Å². The fraction of sp³-hybridized carbons (Fsp3) is 0.143. The number of pyridine rings is 1. The minimum Gasteiger partial charge on any atom is -0.423 e. The van der Waals surface area contributed by atoms with Gasteiger partial charge in [0.05, 0.1) is 5.69 Å². The van der Waals surface area contributed by atoms with E-state index in [4.69, 9.17) is 10.2 Å². The lowest BCUT2D eigenvalue weighted by molar-refractivity contribution is 0.582. The van der Waals surface area contributed by atoms with Crippen LogP contribution in [0.2, 0.25) is 0 Å². The Morgan fingerprint density at radius 1 is 1.26 bits per heavy atom. The Labute approximate surface area is 110 Å². The van der Waals surface area contributed by atoms with E-state index in [1.54, 1.807) is 6.20 Å². The predicted molar refractivity (Wildman–Crippen MR) is 74.8 cm³/mol. The summed E-state index contributed by atoms with van der Waals surface area (Å²) in [6, 6.07) is 10.0. The lowest BCUT2D eigenvalue weighted by atomic mass is 10.3. The van der Waals surface area contributed by atoms with Gasteiger partial charge in [-0.05, 0) is 23.8 Å². The average Bonchev–Trinajstić information content (AvgIpc) is 2.85. The first-order chi connectivity index (χ1) is 9.24. The third-order valence-corrected chi connectivity index (χ3v) is 2.91. The number of nitrogens with two attached hydrogens (primary N) is 1. The number of para-hydroxylation sites is 1. The summed E-state index contributed by atoms with van der Waals surface area (Å²) >= 11 is 0. The second kappa shape index (κ2) is 4.61. The Morgan fingerprint density at radius 2 is 2.16 bits per heavy atom. The van der Waals surface area contributed by atoms with E-state index in [0.717, 1.165) is 5.56 Å². The van der Waals surface area contributed by atoms with Crippen molar-refractivity contribution in [3.8, 4) is 0 Å². The molecule has 2 heterocycles. The van der Waals surface area contributed by atoms with Crippen molar-refractivity contribution in [2.24, 2.45) is 0 Å². The zero-order valence-electron chi connectivity index (χ0n) is 10.6. The highest BCUT2D eigenvalue weighted by Crippen LogP contribution is 2.25. The number of oxazole rings is 1. The number of hydrogen-bond acceptors (Lipinski definition) is 5. The maximum Gasteiger partial charge on any atom is 0.298 e. The predicted octanol–water partition coefficient (Wildman–Crippen LogP) is 2.44. The van der Waals surface area contributed by atoms with Crippen LogP contribution in [0.5, 0.6) is 0 Å². The van der Waals surface area contributed by atoms with Crippen LogP contribution in [0.4, 0.5) is 11.7 Å². The van der Waals surface area contributed by atoms with Gasteiger partial charge in [-0.15, -0.1) is 0 Å². The number of anilines is 2. The van der Waals surface area contributed by atoms with Crippen LogP contribution in [-0.4, -0.2) is 17.0 Å². The summed E-state index contributed by atoms with van der Waals surface area (Å²) in [5.74, 6) is 0. The summed E-state index contributed by atoms with van der Waals surface area (Å²) in [4.78, 5) is 10.4. The summed E-state index contributed by atoms with van der Waals surface area (Å²) in [5.41, 5.74) is 9.00. The molecule has 0 amide bonds. The molecule has 1 aromatic carbocycles. The van der Waals surface area contributed by atoms with E-state index in [1.165, 1.54) is 0 Å². The van der Waals surface area contributed by atoms with Gasteiger partial charge >= 0.3 is 0 Å². The third-order valence-electron chi connectivity index (χ3n) is 2.91. The van der Waals surface area contributed by atoms with Crippen LogP contribution >= 0.6 is 0 Å². The number of aromatic nitrogens is 2. The summed E-state index contributed by atoms with van der Waals surface area (Å²) < 4.78 is 5.70. The van der Waals surface area contributed by atoms with Gasteiger partial charge in [-0.1, -0.05) is 12.1 Å². The molecule has 96 valence electrons. The minimum atomic E-state index is 0.553. The van der Waals surface area contributed by atoms with Gasteiger partial charge in [-0.2, -0.15) is 4.98 Å². The van der Waals surface area contributed by atoms with Gasteiger partial charge in [0.2, 0.25) is 0 Å². The van der Waals surface area contributed by atoms with Gasteiger partial charge in [0, 0.05) is 26.0 Å². The first-order valence-electron chi connectivity index (χ1n) is 5.99. The smallest absolute Gasteiger partial charge is 0.298 e. The van der Waals surface area contributed by atoms with Crippen LogP contribution < -0.4 is 10.6 Å². The molecule has 0 fully saturated rings. The highest BCUT2D eigenvalue weighted by molar-refractivity contribution is 5.86. The van der Waals surface area contributed by atoms with Crippen LogP contribution in [0.15, 0.2) is 47.1 Å². The van der Waals surface area contributed by atoms with E-state index in [9.17, 15) is 0 Å². The molecule has 5 nitrogen and oxygen atoms in total. The quantitative estimate of drug-likeness (QED) is 0.727. The van der Waals surface area contributed by atoms with Gasteiger partial charge in [-0.25, -0.2) is 0 Å². The third kappa shape index (κ3) is 2.22. The molecule has 19 heavy (non-hydrogen) atoms. The largest absolute Gasteiger partial charge is 0.423 e. The van der Waals surface area contributed by atoms with E-state index in [1.807, 2.05) is 48.5 Å². The van der Waals surface area contributed by atoms with Gasteiger partial charge in [0.1, 0.15) is 5.52 Å². The molecule has 3 aromatic rings. The van der Waals surface area contributed by atoms with E-state index < -0.39 is 0 Å². The highest BCUT2D eigenvalue weighted by atomic mass is 16.4. The zero-order chi connectivity index (χ0) is 13.2. The van der Waals surface area contributed by atoms with Crippen LogP contribution in [0.25, 0.3) is 11.1 Å². The molecule has 0 aliphatic carbocycles. The number of fused-ring (bicyclic) bond motifs is 1. The van der Waals surface area contributed by atoms with Crippen LogP contribution in [0.1, 0.15) is 5.56 Å². The maximum atomic E-state index is 5.87. The van der Waals surface area contributed by atoms with Crippen LogP contribution in [0.3, 0.4) is 0 Å². The Bertz CT molecular complexity index is 693. The zero-order valence-corrected chi connectivity index (χ0v) is 10.6. The lowest BCUT2D eigenvalue weighted by Crippen LogP contribution is -2.16. The molecule has 2 aromatic heterocycles. The molecule has 0 saturated carbocycles. The standard InChI is InChI=1S/C14H14N4O/c1-18(9-10-4-3-7-16-8-10)14-17-13-11(15)5-2-6-12(13)19-14/h2-8H,9,15H2,1H3. The fourth-order valence-corrected chi connectivity index (χ4v) is 1.95. The molecule has 0 atom stereocenters. The monoisotopic (exact) mass is 254 g/mol. The Hall–Kier alpha value is -2.56. The molecule has 3 rings (SSSR count). The van der Waals surface area contributed by atoms with Crippen molar-refractivity contribution in [3.05, 3.63) is 48.3 Å². The first kappa shape index (κ1) is 11.5. The molecule has 5 heteroatoms. The summed E-state index contributed by atoms with van der Waals surface area (Å²) in [6.07, 6.45) is 3.58.